The summed E-state index contributed by atoms with van der Waals surface area (Å²) in [6.07, 6.45) is 1.34. The molecule has 2 heterocycles. The summed E-state index contributed by atoms with van der Waals surface area (Å²) in [6, 6.07) is 6.51. The van der Waals surface area contributed by atoms with Gasteiger partial charge in [0.25, 0.3) is 11.8 Å². The van der Waals surface area contributed by atoms with Crippen molar-refractivity contribution >= 4 is 38.6 Å². The Kier molecular flexibility index (Phi) is 6.77. The van der Waals surface area contributed by atoms with Gasteiger partial charge < -0.3 is 15.7 Å². The van der Waals surface area contributed by atoms with Gasteiger partial charge in [-0.2, -0.15) is 0 Å². The van der Waals surface area contributed by atoms with Crippen molar-refractivity contribution in [1.82, 2.24) is 20.6 Å². The molecule has 0 unspecified atom stereocenters. The van der Waals surface area contributed by atoms with Crippen LogP contribution < -0.4 is 20.0 Å². The molecule has 3 aromatic rings. The van der Waals surface area contributed by atoms with E-state index in [4.69, 9.17) is 0 Å². The molecule has 0 bridgehead atoms. The lowest BCUT2D eigenvalue weighted by Crippen LogP contribution is -2.31. The van der Waals surface area contributed by atoms with Crippen LogP contribution in [-0.2, 0) is 16.6 Å². The van der Waals surface area contributed by atoms with E-state index in [1.165, 1.54) is 45.4 Å². The molecule has 1 aromatic carbocycles. The summed E-state index contributed by atoms with van der Waals surface area (Å²) >= 11 is 0. The monoisotopic (exact) mass is 474 g/mol. The Morgan fingerprint density at radius 1 is 1.21 bits per heavy atom. The number of nitrogens with one attached hydrogen (secondary N) is 2. The van der Waals surface area contributed by atoms with Crippen LogP contribution in [0.4, 0.5) is 10.2 Å². The summed E-state index contributed by atoms with van der Waals surface area (Å²) in [7, 11) is -1.09. The molecule has 2 amide bonds. The second-order valence-electron chi connectivity index (χ2n) is 6.94. The molecule has 10 nitrogen and oxygen atoms in total. The average Bonchev–Trinajstić information content (AvgIpc) is 2.82. The molecule has 0 spiro atoms. The number of carbonyl (C=O) groups excluding carboxylic acids is 2. The summed E-state index contributed by atoms with van der Waals surface area (Å²) < 4.78 is 39.3. The van der Waals surface area contributed by atoms with E-state index in [1.54, 1.807) is 0 Å². The van der Waals surface area contributed by atoms with Crippen molar-refractivity contribution in [2.24, 2.45) is 0 Å². The van der Waals surface area contributed by atoms with Gasteiger partial charge in [-0.3, -0.25) is 18.9 Å². The van der Waals surface area contributed by atoms with E-state index in [-0.39, 0.29) is 34.6 Å². The van der Waals surface area contributed by atoms with Crippen molar-refractivity contribution in [3.8, 4) is 5.75 Å². The molecule has 0 aliphatic rings. The van der Waals surface area contributed by atoms with Crippen LogP contribution in [0.2, 0.25) is 0 Å². The number of benzene rings is 1. The van der Waals surface area contributed by atoms with E-state index in [1.807, 2.05) is 0 Å². The van der Waals surface area contributed by atoms with Crippen LogP contribution in [0.5, 0.6) is 5.75 Å². The molecular formula is C21H21FN5O5S-. The van der Waals surface area contributed by atoms with Gasteiger partial charge in [-0.1, -0.05) is 6.07 Å². The van der Waals surface area contributed by atoms with Gasteiger partial charge in [0.05, 0.1) is 11.3 Å². The number of amides is 2. The molecule has 0 atom stereocenters. The van der Waals surface area contributed by atoms with E-state index >= 15 is 0 Å². The number of aromatic nitrogens is 2. The van der Waals surface area contributed by atoms with E-state index < -0.39 is 39.1 Å². The SMILES string of the molecule is CCS(=O)(=O)N(C)c1nc(C(=O)NCc2ccc(F)cc2C(=O)NC)c([O-])c2ncccc12. The Balaban J connectivity index is 2.02. The minimum absolute atomic E-state index is 0.0164. The molecule has 2 N–H and O–H groups in total. The summed E-state index contributed by atoms with van der Waals surface area (Å²) in [4.78, 5) is 32.9. The Labute approximate surface area is 189 Å². The number of carbonyl (C=O) groups is 2. The third-order valence-electron chi connectivity index (χ3n) is 4.97. The number of fused-ring (bicyclic) bond motifs is 1. The molecule has 33 heavy (non-hydrogen) atoms. The number of hydrogen-bond donors (Lipinski definition) is 2. The maximum Gasteiger partial charge on any atom is 0.269 e. The predicted octanol–water partition coefficient (Wildman–Crippen LogP) is 0.918. The minimum Gasteiger partial charge on any atom is -0.869 e. The molecule has 12 heteroatoms. The van der Waals surface area contributed by atoms with Crippen molar-refractivity contribution in [3.05, 3.63) is 59.2 Å². The highest BCUT2D eigenvalue weighted by atomic mass is 32.2. The fraction of sp³-hybridized carbons (Fsp3) is 0.238. The van der Waals surface area contributed by atoms with Gasteiger partial charge in [0, 0.05) is 37.8 Å². The summed E-state index contributed by atoms with van der Waals surface area (Å²) in [5.74, 6) is -3.19. The topological polar surface area (TPSA) is 144 Å². The second kappa shape index (κ2) is 9.36. The lowest BCUT2D eigenvalue weighted by Gasteiger charge is -2.23. The molecule has 0 saturated heterocycles. The van der Waals surface area contributed by atoms with Crippen LogP contribution in [-0.4, -0.2) is 50.0 Å². The quantitative estimate of drug-likeness (QED) is 0.518. The number of halogens is 1. The fourth-order valence-electron chi connectivity index (χ4n) is 3.12. The largest absolute Gasteiger partial charge is 0.869 e. The van der Waals surface area contributed by atoms with Crippen LogP contribution in [0.1, 0.15) is 33.3 Å². The first kappa shape index (κ1) is 23.9. The third-order valence-corrected chi connectivity index (χ3v) is 6.71. The van der Waals surface area contributed by atoms with Crippen molar-refractivity contribution in [2.75, 3.05) is 24.2 Å². The summed E-state index contributed by atoms with van der Waals surface area (Å²) in [5.41, 5.74) is -0.347. The average molecular weight is 474 g/mol. The Morgan fingerprint density at radius 2 is 1.94 bits per heavy atom. The van der Waals surface area contributed by atoms with Gasteiger partial charge in [0.2, 0.25) is 10.0 Å². The number of nitrogens with zero attached hydrogens (tertiary/aromatic N) is 3. The number of sulfonamides is 1. The Hall–Kier alpha value is -3.80. The highest BCUT2D eigenvalue weighted by Crippen LogP contribution is 2.31. The number of hydrogen-bond acceptors (Lipinski definition) is 7. The third kappa shape index (κ3) is 4.70. The summed E-state index contributed by atoms with van der Waals surface area (Å²) in [6.45, 7) is 1.25. The smallest absolute Gasteiger partial charge is 0.269 e. The number of rotatable bonds is 7. The standard InChI is InChI=1S/C21H22FN5O5S/c1-4-33(31,32)27(3)19-14-6-5-9-24-16(14)18(28)17(26-19)21(30)25-11-12-7-8-13(22)10-15(12)20(29)23-2/h5-10,28H,4,11H2,1-3H3,(H,23,29)(H,25,30)/p-1. The number of anilines is 1. The van der Waals surface area contributed by atoms with Gasteiger partial charge in [0.15, 0.2) is 5.82 Å². The van der Waals surface area contributed by atoms with Gasteiger partial charge in [-0.25, -0.2) is 17.8 Å². The first-order chi connectivity index (χ1) is 15.6. The van der Waals surface area contributed by atoms with Crippen molar-refractivity contribution in [3.63, 3.8) is 0 Å². The van der Waals surface area contributed by atoms with Gasteiger partial charge in [-0.15, -0.1) is 0 Å². The molecule has 174 valence electrons. The minimum atomic E-state index is -3.75. The van der Waals surface area contributed by atoms with E-state index in [0.29, 0.717) is 5.56 Å². The first-order valence-corrected chi connectivity index (χ1v) is 11.4. The van der Waals surface area contributed by atoms with Gasteiger partial charge in [-0.05, 0) is 42.5 Å². The van der Waals surface area contributed by atoms with Crippen LogP contribution >= 0.6 is 0 Å². The van der Waals surface area contributed by atoms with Crippen LogP contribution in [0.25, 0.3) is 10.9 Å². The molecule has 0 saturated carbocycles. The van der Waals surface area contributed by atoms with Crippen LogP contribution in [0.15, 0.2) is 36.5 Å². The zero-order valence-electron chi connectivity index (χ0n) is 18.0. The molecular weight excluding hydrogens is 453 g/mol. The highest BCUT2D eigenvalue weighted by molar-refractivity contribution is 7.92. The highest BCUT2D eigenvalue weighted by Gasteiger charge is 2.23. The lowest BCUT2D eigenvalue weighted by atomic mass is 10.1. The van der Waals surface area contributed by atoms with Gasteiger partial charge >= 0.3 is 0 Å². The zero-order valence-corrected chi connectivity index (χ0v) is 18.9. The summed E-state index contributed by atoms with van der Waals surface area (Å²) in [5, 5.41) is 17.9. The fourth-order valence-corrected chi connectivity index (χ4v) is 3.91. The van der Waals surface area contributed by atoms with E-state index in [0.717, 1.165) is 16.4 Å². The molecule has 2 aromatic heterocycles. The Morgan fingerprint density at radius 3 is 2.61 bits per heavy atom. The second-order valence-corrected chi connectivity index (χ2v) is 9.23. The maximum absolute atomic E-state index is 13.6. The lowest BCUT2D eigenvalue weighted by molar-refractivity contribution is -0.266. The van der Waals surface area contributed by atoms with E-state index in [2.05, 4.69) is 20.6 Å². The molecule has 0 aliphatic carbocycles. The number of pyridine rings is 2. The van der Waals surface area contributed by atoms with E-state index in [9.17, 15) is 27.5 Å². The first-order valence-electron chi connectivity index (χ1n) is 9.81. The molecule has 0 fully saturated rings. The van der Waals surface area contributed by atoms with Crippen molar-refractivity contribution in [1.29, 1.82) is 0 Å². The predicted molar refractivity (Wildman–Crippen MR) is 118 cm³/mol. The van der Waals surface area contributed by atoms with Crippen molar-refractivity contribution < 1.29 is 27.5 Å². The molecule has 0 aliphatic heterocycles. The zero-order chi connectivity index (χ0) is 24.3. The van der Waals surface area contributed by atoms with Gasteiger partial charge in [0.1, 0.15) is 11.5 Å². The normalized spacial score (nSPS) is 11.3. The maximum atomic E-state index is 13.6. The Bertz CT molecular complexity index is 1350. The molecule has 0 radical (unpaired) electrons. The molecule has 3 rings (SSSR count). The van der Waals surface area contributed by atoms with Crippen LogP contribution in [0.3, 0.4) is 0 Å². The van der Waals surface area contributed by atoms with Crippen LogP contribution in [0, 0.1) is 5.82 Å². The van der Waals surface area contributed by atoms with Crippen molar-refractivity contribution in [2.45, 2.75) is 13.5 Å².